The first kappa shape index (κ1) is 49.3. The minimum atomic E-state index is -0.266. The zero-order valence-electron chi connectivity index (χ0n) is 47.6. The van der Waals surface area contributed by atoms with Gasteiger partial charge in [0, 0.05) is 66.9 Å². The van der Waals surface area contributed by atoms with Crippen molar-refractivity contribution >= 4 is 117 Å². The van der Waals surface area contributed by atoms with E-state index in [-0.39, 0.29) is 6.85 Å². The predicted molar refractivity (Wildman–Crippen MR) is 366 cm³/mol. The lowest BCUT2D eigenvalue weighted by atomic mass is 9.45. The van der Waals surface area contributed by atoms with Crippen molar-refractivity contribution in [2.75, 3.05) is 9.80 Å². The number of benzene rings is 14. The first-order valence-corrected chi connectivity index (χ1v) is 30.3. The molecule has 18 rings (SSSR count). The molecule has 2 aliphatic heterocycles. The van der Waals surface area contributed by atoms with Crippen LogP contribution in [0.3, 0.4) is 0 Å². The van der Waals surface area contributed by atoms with E-state index in [1.807, 2.05) is 0 Å². The third-order valence-corrected chi connectivity index (χ3v) is 18.6. The van der Waals surface area contributed by atoms with Crippen LogP contribution in [-0.2, 0) is 12.8 Å². The molecule has 0 spiro atoms. The summed E-state index contributed by atoms with van der Waals surface area (Å²) in [6.45, 7) is -0.266. The summed E-state index contributed by atoms with van der Waals surface area (Å²) in [6.07, 6.45) is 1.55. The summed E-state index contributed by atoms with van der Waals surface area (Å²) in [5.74, 6) is 0. The largest absolute Gasteiger partial charge is 0.455 e. The fourth-order valence-electron chi connectivity index (χ4n) is 14.9. The van der Waals surface area contributed by atoms with Crippen molar-refractivity contribution in [1.29, 1.82) is 0 Å². The molecular formula is C82H54BN3O. The van der Waals surface area contributed by atoms with Crippen LogP contribution in [0.2, 0.25) is 0 Å². The van der Waals surface area contributed by atoms with Gasteiger partial charge < -0.3 is 18.7 Å². The van der Waals surface area contributed by atoms with E-state index in [2.05, 4.69) is 318 Å². The molecule has 5 heteroatoms. The molecule has 4 heterocycles. The maximum Gasteiger partial charge on any atom is 0.333 e. The van der Waals surface area contributed by atoms with E-state index in [1.54, 1.807) is 0 Å². The Balaban J connectivity index is 1.05. The molecule has 0 atom stereocenters. The van der Waals surface area contributed by atoms with Crippen LogP contribution in [0.4, 0.5) is 34.1 Å². The van der Waals surface area contributed by atoms with Crippen LogP contribution in [0.25, 0.3) is 98.7 Å². The number of anilines is 6. The number of hydrogen-bond acceptors (Lipinski definition) is 3. The van der Waals surface area contributed by atoms with Gasteiger partial charge >= 0.3 is 6.85 Å². The third kappa shape index (κ3) is 7.79. The van der Waals surface area contributed by atoms with Crippen LogP contribution in [0.1, 0.15) is 22.3 Å². The summed E-state index contributed by atoms with van der Waals surface area (Å²) in [6, 6.07) is 113. The summed E-state index contributed by atoms with van der Waals surface area (Å²) in [5, 5.41) is 9.65. The number of aromatic nitrogens is 1. The van der Waals surface area contributed by atoms with E-state index < -0.39 is 0 Å². The molecule has 0 aliphatic carbocycles. The highest BCUT2D eigenvalue weighted by Crippen LogP contribution is 2.53. The van der Waals surface area contributed by atoms with Gasteiger partial charge in [-0.15, -0.1) is 0 Å². The highest BCUT2D eigenvalue weighted by atomic mass is 16.3. The number of furan rings is 1. The molecule has 0 bridgehead atoms. The standard InChI is InChI=1S/C82H54BN3O/c1-7-25-53(26-8-1)43-67-63-37-19-20-38-64(63)68(44-54-27-9-2-10-28-54)70-52-76-74(51-69(67)70)83-80-71(72-50-73-65-39-22-24-42-78(65)87-82(73)79-66-40-21-23-41-75(66)86(83)81(72)79)48-62(84(59-33-15-5-16-34-59)60-35-17-6-18-36-60)49-77(80)85(76)61-46-57(55-29-11-3-12-30-55)45-58(47-61)56-31-13-4-14-32-56/h1-42,45-52H,43-44H2. The van der Waals surface area contributed by atoms with E-state index in [0.717, 1.165) is 96.5 Å². The Morgan fingerprint density at radius 1 is 0.356 bits per heavy atom. The topological polar surface area (TPSA) is 24.6 Å². The molecule has 4 nitrogen and oxygen atoms in total. The highest BCUT2D eigenvalue weighted by Gasteiger charge is 2.45. The van der Waals surface area contributed by atoms with E-state index in [4.69, 9.17) is 4.42 Å². The van der Waals surface area contributed by atoms with Gasteiger partial charge in [0.2, 0.25) is 0 Å². The Morgan fingerprint density at radius 3 is 1.46 bits per heavy atom. The lowest BCUT2D eigenvalue weighted by Crippen LogP contribution is -2.56. The van der Waals surface area contributed by atoms with Crippen molar-refractivity contribution in [2.24, 2.45) is 0 Å². The SMILES string of the molecule is c1ccc(Cc2c3ccccc3c(Cc3ccccc3)c3cc4c(cc23)B2c3c(cc(N(c5ccccc5)c5ccccc5)cc3N4c3cc(-c4ccccc4)cc(-c4ccccc4)c3)-c3cc4c5ccccc5oc4c4c5ccccc5n2c34)cc1. The maximum atomic E-state index is 7.13. The second-order valence-corrected chi connectivity index (χ2v) is 23.5. The van der Waals surface area contributed by atoms with Crippen LogP contribution in [0.15, 0.2) is 308 Å². The second-order valence-electron chi connectivity index (χ2n) is 23.5. The summed E-state index contributed by atoms with van der Waals surface area (Å²) in [4.78, 5) is 5.10. The van der Waals surface area contributed by atoms with Gasteiger partial charge in [-0.2, -0.15) is 0 Å². The molecule has 0 fully saturated rings. The van der Waals surface area contributed by atoms with E-state index in [1.165, 1.54) is 82.3 Å². The number of hydrogen-bond donors (Lipinski definition) is 0. The first-order chi connectivity index (χ1) is 43.2. The predicted octanol–water partition coefficient (Wildman–Crippen LogP) is 20.4. The Labute approximate surface area is 504 Å². The molecule has 16 aromatic rings. The molecule has 2 aliphatic rings. The van der Waals surface area contributed by atoms with Gasteiger partial charge in [-0.3, -0.25) is 0 Å². The molecule has 0 saturated heterocycles. The first-order valence-electron chi connectivity index (χ1n) is 30.3. The Hall–Kier alpha value is -11.1. The lowest BCUT2D eigenvalue weighted by molar-refractivity contribution is 0.673. The summed E-state index contributed by atoms with van der Waals surface area (Å²) < 4.78 is 9.82. The van der Waals surface area contributed by atoms with Crippen LogP contribution < -0.4 is 20.7 Å². The van der Waals surface area contributed by atoms with E-state index in [0.29, 0.717) is 0 Å². The Morgan fingerprint density at radius 2 is 0.862 bits per heavy atom. The average Bonchev–Trinajstić information content (AvgIpc) is 1.64. The number of para-hydroxylation sites is 4. The lowest BCUT2D eigenvalue weighted by Gasteiger charge is -2.42. The van der Waals surface area contributed by atoms with Gasteiger partial charge in [0.25, 0.3) is 0 Å². The van der Waals surface area contributed by atoms with Gasteiger partial charge in [0.15, 0.2) is 0 Å². The molecule has 0 saturated carbocycles. The van der Waals surface area contributed by atoms with Crippen molar-refractivity contribution in [3.8, 4) is 33.4 Å². The second kappa shape index (κ2) is 19.7. The smallest absolute Gasteiger partial charge is 0.333 e. The van der Waals surface area contributed by atoms with Crippen molar-refractivity contribution < 1.29 is 4.42 Å². The number of fused-ring (bicyclic) bond motifs is 13. The minimum Gasteiger partial charge on any atom is -0.455 e. The monoisotopic (exact) mass is 1110 g/mol. The quantitative estimate of drug-likeness (QED) is 0.101. The van der Waals surface area contributed by atoms with Gasteiger partial charge in [-0.25, -0.2) is 0 Å². The molecule has 0 unspecified atom stereocenters. The van der Waals surface area contributed by atoms with Crippen molar-refractivity contribution in [3.05, 3.63) is 326 Å². The normalized spacial score (nSPS) is 12.4. The van der Waals surface area contributed by atoms with Crippen molar-refractivity contribution in [1.82, 2.24) is 4.48 Å². The van der Waals surface area contributed by atoms with Crippen LogP contribution >= 0.6 is 0 Å². The summed E-state index contributed by atoms with van der Waals surface area (Å²) in [7, 11) is 0. The summed E-state index contributed by atoms with van der Waals surface area (Å²) >= 11 is 0. The van der Waals surface area contributed by atoms with Crippen molar-refractivity contribution in [3.63, 3.8) is 0 Å². The van der Waals surface area contributed by atoms with Gasteiger partial charge in [-0.05, 0) is 174 Å². The van der Waals surface area contributed by atoms with Crippen LogP contribution in [-0.4, -0.2) is 11.3 Å². The van der Waals surface area contributed by atoms with Crippen LogP contribution in [0.5, 0.6) is 0 Å². The zero-order chi connectivity index (χ0) is 57.1. The molecule has 406 valence electrons. The number of nitrogens with zero attached hydrogens (tertiary/aromatic N) is 3. The molecule has 0 N–H and O–H groups in total. The molecule has 2 aromatic heterocycles. The maximum absolute atomic E-state index is 7.13. The highest BCUT2D eigenvalue weighted by molar-refractivity contribution is 6.90. The third-order valence-electron chi connectivity index (χ3n) is 18.6. The fourth-order valence-corrected chi connectivity index (χ4v) is 14.9. The van der Waals surface area contributed by atoms with Crippen molar-refractivity contribution in [2.45, 2.75) is 12.8 Å². The van der Waals surface area contributed by atoms with Gasteiger partial charge in [0.05, 0.1) is 5.39 Å². The van der Waals surface area contributed by atoms with Gasteiger partial charge in [0.1, 0.15) is 11.2 Å². The molecule has 14 aromatic carbocycles. The van der Waals surface area contributed by atoms with Gasteiger partial charge in [-0.1, -0.05) is 224 Å². The minimum absolute atomic E-state index is 0.266. The van der Waals surface area contributed by atoms with Crippen LogP contribution in [0, 0.1) is 0 Å². The Kier molecular flexibility index (Phi) is 11.2. The summed E-state index contributed by atoms with van der Waals surface area (Å²) in [5.41, 5.74) is 25.5. The van der Waals surface area contributed by atoms with E-state index >= 15 is 0 Å². The number of rotatable bonds is 10. The molecule has 87 heavy (non-hydrogen) atoms. The average molecular weight is 1110 g/mol. The fraction of sp³-hybridized carbons (Fsp3) is 0.0244. The molecular weight excluding hydrogens is 1050 g/mol. The molecule has 0 amide bonds. The molecule has 0 radical (unpaired) electrons. The van der Waals surface area contributed by atoms with E-state index in [9.17, 15) is 0 Å². The zero-order valence-corrected chi connectivity index (χ0v) is 47.6. The Bertz CT molecular complexity index is 5290.